The Morgan fingerprint density at radius 1 is 1.00 bits per heavy atom. The van der Waals surface area contributed by atoms with E-state index in [1.54, 1.807) is 35.2 Å². The molecule has 3 rings (SSSR count). The molecule has 1 heterocycles. The monoisotopic (exact) mass is 443 g/mol. The minimum absolute atomic E-state index is 0.126. The fraction of sp³-hybridized carbons (Fsp3) is 0.364. The van der Waals surface area contributed by atoms with Crippen LogP contribution in [-0.4, -0.2) is 62.9 Å². The number of sulfonamides is 1. The molecule has 0 N–H and O–H groups in total. The number of benzene rings is 2. The third-order valence-electron chi connectivity index (χ3n) is 4.92. The zero-order chi connectivity index (χ0) is 22.4. The third-order valence-corrected chi connectivity index (χ3v) is 6.81. The van der Waals surface area contributed by atoms with Gasteiger partial charge in [-0.25, -0.2) is 8.42 Å². The van der Waals surface area contributed by atoms with E-state index in [0.717, 1.165) is 0 Å². The Hall–Kier alpha value is -3.09. The van der Waals surface area contributed by atoms with Crippen LogP contribution in [0, 0.1) is 11.3 Å². The Labute approximate surface area is 182 Å². The van der Waals surface area contributed by atoms with E-state index in [0.29, 0.717) is 35.8 Å². The molecule has 2 aromatic rings. The zero-order valence-corrected chi connectivity index (χ0v) is 18.4. The average molecular weight is 444 g/mol. The molecule has 0 aromatic heterocycles. The molecule has 0 aliphatic carbocycles. The van der Waals surface area contributed by atoms with Gasteiger partial charge in [0.05, 0.1) is 29.7 Å². The molecule has 0 spiro atoms. The highest BCUT2D eigenvalue weighted by atomic mass is 32.2. The van der Waals surface area contributed by atoms with Crippen LogP contribution in [0.3, 0.4) is 0 Å². The molecule has 0 atom stereocenters. The summed E-state index contributed by atoms with van der Waals surface area (Å²) < 4.78 is 38.7. The van der Waals surface area contributed by atoms with Crippen molar-refractivity contribution in [1.82, 2.24) is 9.21 Å². The van der Waals surface area contributed by atoms with Crippen LogP contribution in [0.2, 0.25) is 0 Å². The van der Waals surface area contributed by atoms with Crippen molar-refractivity contribution in [2.75, 3.05) is 39.4 Å². The molecule has 1 aliphatic rings. The number of amides is 1. The largest absolute Gasteiger partial charge is 0.490 e. The normalized spacial score (nSPS) is 14.7. The maximum atomic E-state index is 13.1. The molecule has 1 aliphatic heterocycles. The predicted octanol–water partition coefficient (Wildman–Crippen LogP) is 2.50. The maximum absolute atomic E-state index is 13.1. The molecule has 0 unspecified atom stereocenters. The lowest BCUT2D eigenvalue weighted by Crippen LogP contribution is -2.50. The summed E-state index contributed by atoms with van der Waals surface area (Å²) >= 11 is 0. The number of hydrogen-bond acceptors (Lipinski definition) is 6. The highest BCUT2D eigenvalue weighted by Gasteiger charge is 2.31. The molecule has 2 aromatic carbocycles. The van der Waals surface area contributed by atoms with Crippen LogP contribution in [0.25, 0.3) is 0 Å². The lowest BCUT2D eigenvalue weighted by molar-refractivity contribution is 0.0698. The van der Waals surface area contributed by atoms with Crippen molar-refractivity contribution in [2.24, 2.45) is 0 Å². The second kappa shape index (κ2) is 9.81. The first-order valence-corrected chi connectivity index (χ1v) is 11.5. The van der Waals surface area contributed by atoms with Gasteiger partial charge in [0.2, 0.25) is 10.0 Å². The Bertz CT molecular complexity index is 1090. The predicted molar refractivity (Wildman–Crippen MR) is 115 cm³/mol. The number of ether oxygens (including phenoxy) is 2. The number of carbonyl (C=O) groups excluding carboxylic acids is 1. The average Bonchev–Trinajstić information content (AvgIpc) is 2.80. The standard InChI is InChI=1S/C22H25N3O5S/c1-3-29-20-9-8-19(15-21(20)30-4-2)31(27,28)25-12-10-24(11-13-25)22(26)18-7-5-6-17(14-18)16-23/h5-9,14-15H,3-4,10-13H2,1-2H3. The molecule has 1 saturated heterocycles. The van der Waals surface area contributed by atoms with Crippen molar-refractivity contribution in [2.45, 2.75) is 18.7 Å². The van der Waals surface area contributed by atoms with E-state index in [2.05, 4.69) is 0 Å². The summed E-state index contributed by atoms with van der Waals surface area (Å²) in [5.41, 5.74) is 0.830. The van der Waals surface area contributed by atoms with Crippen molar-refractivity contribution in [3.8, 4) is 17.6 Å². The Morgan fingerprint density at radius 3 is 2.32 bits per heavy atom. The lowest BCUT2D eigenvalue weighted by atomic mass is 10.1. The summed E-state index contributed by atoms with van der Waals surface area (Å²) in [6.45, 7) is 5.40. The second-order valence-corrected chi connectivity index (χ2v) is 8.80. The SMILES string of the molecule is CCOc1ccc(S(=O)(=O)N2CCN(C(=O)c3cccc(C#N)c3)CC2)cc1OCC. The molecule has 164 valence electrons. The molecule has 0 saturated carbocycles. The van der Waals surface area contributed by atoms with Gasteiger partial charge in [0, 0.05) is 37.8 Å². The number of nitriles is 1. The summed E-state index contributed by atoms with van der Waals surface area (Å²) in [6.07, 6.45) is 0. The van der Waals surface area contributed by atoms with Gasteiger partial charge in [-0.05, 0) is 44.2 Å². The van der Waals surface area contributed by atoms with Crippen LogP contribution in [0.4, 0.5) is 0 Å². The number of hydrogen-bond donors (Lipinski definition) is 0. The topological polar surface area (TPSA) is 99.9 Å². The number of carbonyl (C=O) groups is 1. The van der Waals surface area contributed by atoms with Gasteiger partial charge < -0.3 is 14.4 Å². The maximum Gasteiger partial charge on any atom is 0.253 e. The molecule has 1 amide bonds. The summed E-state index contributed by atoms with van der Waals surface area (Å²) in [5.74, 6) is 0.670. The molecule has 9 heteroatoms. The van der Waals surface area contributed by atoms with Crippen LogP contribution in [0.1, 0.15) is 29.8 Å². The molecule has 0 bridgehead atoms. The molecule has 1 fully saturated rings. The summed E-state index contributed by atoms with van der Waals surface area (Å²) in [7, 11) is -3.74. The molecule has 31 heavy (non-hydrogen) atoms. The van der Waals surface area contributed by atoms with Gasteiger partial charge in [-0.1, -0.05) is 6.07 Å². The Balaban J connectivity index is 1.73. The fourth-order valence-electron chi connectivity index (χ4n) is 3.38. The van der Waals surface area contributed by atoms with Crippen LogP contribution < -0.4 is 9.47 Å². The van der Waals surface area contributed by atoms with Gasteiger partial charge in [0.15, 0.2) is 11.5 Å². The lowest BCUT2D eigenvalue weighted by Gasteiger charge is -2.34. The smallest absolute Gasteiger partial charge is 0.253 e. The van der Waals surface area contributed by atoms with E-state index in [1.165, 1.54) is 16.4 Å². The zero-order valence-electron chi connectivity index (χ0n) is 17.6. The van der Waals surface area contributed by atoms with Gasteiger partial charge >= 0.3 is 0 Å². The second-order valence-electron chi connectivity index (χ2n) is 6.86. The van der Waals surface area contributed by atoms with E-state index < -0.39 is 10.0 Å². The Kier molecular flexibility index (Phi) is 7.15. The number of rotatable bonds is 7. The van der Waals surface area contributed by atoms with E-state index in [9.17, 15) is 13.2 Å². The molecular formula is C22H25N3O5S. The van der Waals surface area contributed by atoms with Gasteiger partial charge in [-0.15, -0.1) is 0 Å². The quantitative estimate of drug-likeness (QED) is 0.652. The van der Waals surface area contributed by atoms with Gasteiger partial charge in [-0.3, -0.25) is 4.79 Å². The van der Waals surface area contributed by atoms with Crippen molar-refractivity contribution < 1.29 is 22.7 Å². The fourth-order valence-corrected chi connectivity index (χ4v) is 4.81. The van der Waals surface area contributed by atoms with Crippen molar-refractivity contribution >= 4 is 15.9 Å². The minimum atomic E-state index is -3.74. The summed E-state index contributed by atoms with van der Waals surface area (Å²) in [4.78, 5) is 14.5. The van der Waals surface area contributed by atoms with Gasteiger partial charge in [0.1, 0.15) is 0 Å². The van der Waals surface area contributed by atoms with Crippen molar-refractivity contribution in [3.63, 3.8) is 0 Å². The molecule has 0 radical (unpaired) electrons. The third kappa shape index (κ3) is 4.98. The number of piperazine rings is 1. The first kappa shape index (κ1) is 22.6. The molecular weight excluding hydrogens is 418 g/mol. The first-order chi connectivity index (χ1) is 14.9. The van der Waals surface area contributed by atoms with Crippen molar-refractivity contribution in [1.29, 1.82) is 5.26 Å². The van der Waals surface area contributed by atoms with Crippen LogP contribution in [0.5, 0.6) is 11.5 Å². The van der Waals surface area contributed by atoms with Crippen LogP contribution in [-0.2, 0) is 10.0 Å². The van der Waals surface area contributed by atoms with E-state index in [4.69, 9.17) is 14.7 Å². The van der Waals surface area contributed by atoms with E-state index >= 15 is 0 Å². The van der Waals surface area contributed by atoms with E-state index in [1.807, 2.05) is 19.9 Å². The highest BCUT2D eigenvalue weighted by molar-refractivity contribution is 7.89. The van der Waals surface area contributed by atoms with E-state index in [-0.39, 0.29) is 37.0 Å². The summed E-state index contributed by atoms with van der Waals surface area (Å²) in [5, 5.41) is 9.02. The van der Waals surface area contributed by atoms with Gasteiger partial charge in [0.25, 0.3) is 5.91 Å². The van der Waals surface area contributed by atoms with Crippen LogP contribution >= 0.6 is 0 Å². The summed E-state index contributed by atoms with van der Waals surface area (Å²) in [6, 6.07) is 13.1. The number of nitrogens with zero attached hydrogens (tertiary/aromatic N) is 3. The van der Waals surface area contributed by atoms with Crippen LogP contribution in [0.15, 0.2) is 47.4 Å². The van der Waals surface area contributed by atoms with Crippen molar-refractivity contribution in [3.05, 3.63) is 53.6 Å². The minimum Gasteiger partial charge on any atom is -0.490 e. The first-order valence-electron chi connectivity index (χ1n) is 10.1. The van der Waals surface area contributed by atoms with Gasteiger partial charge in [-0.2, -0.15) is 9.57 Å². The highest BCUT2D eigenvalue weighted by Crippen LogP contribution is 2.31. The Morgan fingerprint density at radius 2 is 1.68 bits per heavy atom. The molecule has 8 nitrogen and oxygen atoms in total.